The Morgan fingerprint density at radius 3 is 2.56 bits per heavy atom. The lowest BCUT2D eigenvalue weighted by molar-refractivity contribution is 0.0122. The number of methoxy groups -OCH3 is 1. The number of hydrogen-bond acceptors (Lipinski definition) is 10. The summed E-state index contributed by atoms with van der Waals surface area (Å²) in [6.45, 7) is 7.47. The highest BCUT2D eigenvalue weighted by atomic mass is 35.5. The van der Waals surface area contributed by atoms with E-state index in [4.69, 9.17) is 40.5 Å². The van der Waals surface area contributed by atoms with Gasteiger partial charge >= 0.3 is 12.1 Å². The number of anilines is 2. The van der Waals surface area contributed by atoms with Crippen LogP contribution in [0.2, 0.25) is 5.02 Å². The number of hydrogen-bond donors (Lipinski definition) is 0. The van der Waals surface area contributed by atoms with Crippen LogP contribution in [0.3, 0.4) is 0 Å². The smallest absolute Gasteiger partial charge is 0.410 e. The molecule has 2 amide bonds. The van der Waals surface area contributed by atoms with Crippen LogP contribution >= 0.6 is 11.6 Å². The summed E-state index contributed by atoms with van der Waals surface area (Å²) >= 11 is 6.75. The standard InChI is InChI=1S/C36H42ClN7O6/c1-36(2,3)50-35(46)44-23-9-10-24(44)20-42(19-23)32-26-11-14-43(28-18-25(49-21-47-5)17-22-7-6-8-27(37)30(22)28)33(45)31(26)39-34(40-32)48-16-12-29-38-13-15-41(29)4/h6-8,13,15,17-18,23-24H,9-12,14,16,19-21H2,1-5H3. The number of rotatable bonds is 9. The lowest BCUT2D eigenvalue weighted by Crippen LogP contribution is -2.57. The van der Waals surface area contributed by atoms with Gasteiger partial charge in [-0.05, 0) is 57.6 Å². The fourth-order valence-corrected chi connectivity index (χ4v) is 7.46. The van der Waals surface area contributed by atoms with E-state index in [0.717, 1.165) is 35.0 Å². The average molecular weight is 704 g/mol. The molecule has 2 saturated heterocycles. The van der Waals surface area contributed by atoms with Crippen molar-refractivity contribution in [1.29, 1.82) is 0 Å². The Kier molecular flexibility index (Phi) is 9.21. The molecule has 2 aromatic carbocycles. The molecule has 5 heterocycles. The van der Waals surface area contributed by atoms with E-state index >= 15 is 0 Å². The number of piperazine rings is 1. The molecule has 2 fully saturated rings. The molecule has 0 saturated carbocycles. The predicted molar refractivity (Wildman–Crippen MR) is 188 cm³/mol. The number of imidazole rings is 1. The summed E-state index contributed by atoms with van der Waals surface area (Å²) < 4.78 is 24.8. The normalized spacial score (nSPS) is 18.8. The Morgan fingerprint density at radius 2 is 1.86 bits per heavy atom. The van der Waals surface area contributed by atoms with Crippen LogP contribution in [0, 0.1) is 0 Å². The number of amides is 2. The zero-order chi connectivity index (χ0) is 35.2. The van der Waals surface area contributed by atoms with Crippen molar-refractivity contribution >= 4 is 45.9 Å². The molecule has 0 N–H and O–H groups in total. The van der Waals surface area contributed by atoms with Gasteiger partial charge in [0.2, 0.25) is 0 Å². The summed E-state index contributed by atoms with van der Waals surface area (Å²) in [4.78, 5) is 47.6. The molecule has 3 aliphatic heterocycles. The highest BCUT2D eigenvalue weighted by molar-refractivity contribution is 6.37. The molecular weight excluding hydrogens is 662 g/mol. The third-order valence-electron chi connectivity index (χ3n) is 9.37. The van der Waals surface area contributed by atoms with Crippen LogP contribution in [-0.4, -0.2) is 94.2 Å². The van der Waals surface area contributed by atoms with Crippen LogP contribution in [0.5, 0.6) is 11.8 Å². The number of benzene rings is 2. The lowest BCUT2D eigenvalue weighted by atomic mass is 10.0. The van der Waals surface area contributed by atoms with Crippen molar-refractivity contribution in [1.82, 2.24) is 24.4 Å². The van der Waals surface area contributed by atoms with E-state index in [1.165, 1.54) is 0 Å². The first-order valence-electron chi connectivity index (χ1n) is 16.9. The number of aryl methyl sites for hydroxylation is 1. The molecule has 2 unspecified atom stereocenters. The van der Waals surface area contributed by atoms with Crippen molar-refractivity contribution in [3.8, 4) is 11.8 Å². The zero-order valence-corrected chi connectivity index (χ0v) is 29.8. The number of aromatic nitrogens is 4. The molecule has 264 valence electrons. The molecule has 0 spiro atoms. The summed E-state index contributed by atoms with van der Waals surface area (Å²) in [5.74, 6) is 1.79. The first kappa shape index (κ1) is 33.9. The van der Waals surface area contributed by atoms with Gasteiger partial charge in [0.25, 0.3) is 5.91 Å². The highest BCUT2D eigenvalue weighted by Gasteiger charge is 2.46. The van der Waals surface area contributed by atoms with Crippen LogP contribution in [0.25, 0.3) is 10.8 Å². The number of halogens is 1. The summed E-state index contributed by atoms with van der Waals surface area (Å²) in [7, 11) is 3.49. The molecular formula is C36H42ClN7O6. The maximum Gasteiger partial charge on any atom is 0.410 e. The second-order valence-corrected chi connectivity index (χ2v) is 14.3. The van der Waals surface area contributed by atoms with Gasteiger partial charge in [-0.2, -0.15) is 9.97 Å². The Hall–Kier alpha value is -4.62. The van der Waals surface area contributed by atoms with Gasteiger partial charge in [-0.1, -0.05) is 23.7 Å². The second-order valence-electron chi connectivity index (χ2n) is 13.9. The van der Waals surface area contributed by atoms with Crippen molar-refractivity contribution in [3.05, 3.63) is 64.8 Å². The molecule has 4 aromatic rings. The minimum absolute atomic E-state index is 0.0406. The van der Waals surface area contributed by atoms with Crippen LogP contribution in [0.1, 0.15) is 55.5 Å². The van der Waals surface area contributed by atoms with E-state index in [0.29, 0.717) is 54.8 Å². The lowest BCUT2D eigenvalue weighted by Gasteiger charge is -2.42. The van der Waals surface area contributed by atoms with Crippen LogP contribution < -0.4 is 19.3 Å². The predicted octanol–water partition coefficient (Wildman–Crippen LogP) is 5.41. The Bertz CT molecular complexity index is 1910. The van der Waals surface area contributed by atoms with E-state index in [9.17, 15) is 9.59 Å². The van der Waals surface area contributed by atoms with Gasteiger partial charge in [0, 0.05) is 69.6 Å². The minimum atomic E-state index is -0.586. The number of carbonyl (C=O) groups is 2. The van der Waals surface area contributed by atoms with Gasteiger partial charge in [0.05, 0.1) is 29.4 Å². The molecule has 13 nitrogen and oxygen atoms in total. The molecule has 50 heavy (non-hydrogen) atoms. The van der Waals surface area contributed by atoms with Crippen LogP contribution in [0.15, 0.2) is 42.7 Å². The summed E-state index contributed by atoms with van der Waals surface area (Å²) in [6, 6.07) is 9.34. The molecule has 3 aliphatic rings. The number of fused-ring (bicyclic) bond motifs is 4. The zero-order valence-electron chi connectivity index (χ0n) is 29.0. The molecule has 14 heteroatoms. The molecule has 0 radical (unpaired) electrons. The minimum Gasteiger partial charge on any atom is -0.467 e. The van der Waals surface area contributed by atoms with Gasteiger partial charge in [0.1, 0.15) is 28.7 Å². The quantitative estimate of drug-likeness (QED) is 0.209. The second kappa shape index (κ2) is 13.6. The molecule has 2 bridgehead atoms. The largest absolute Gasteiger partial charge is 0.467 e. The number of carbonyl (C=O) groups excluding carboxylic acids is 2. The fraction of sp³-hybridized carbons (Fsp3) is 0.472. The van der Waals surface area contributed by atoms with Crippen molar-refractivity contribution in [2.24, 2.45) is 7.05 Å². The topological polar surface area (TPSA) is 124 Å². The van der Waals surface area contributed by atoms with Gasteiger partial charge in [0.15, 0.2) is 6.79 Å². The summed E-state index contributed by atoms with van der Waals surface area (Å²) in [5.41, 5.74) is 1.07. The molecule has 7 rings (SSSR count). The monoisotopic (exact) mass is 703 g/mol. The van der Waals surface area contributed by atoms with Crippen molar-refractivity contribution in [2.75, 3.05) is 49.9 Å². The van der Waals surface area contributed by atoms with E-state index in [1.807, 2.05) is 73.8 Å². The van der Waals surface area contributed by atoms with Crippen molar-refractivity contribution < 1.29 is 28.5 Å². The fourth-order valence-electron chi connectivity index (χ4n) is 7.18. The van der Waals surface area contributed by atoms with Crippen molar-refractivity contribution in [3.63, 3.8) is 0 Å². The van der Waals surface area contributed by atoms with Gasteiger partial charge in [-0.25, -0.2) is 9.78 Å². The van der Waals surface area contributed by atoms with Crippen LogP contribution in [-0.2, 0) is 29.4 Å². The molecule has 2 atom stereocenters. The Balaban J connectivity index is 1.24. The van der Waals surface area contributed by atoms with E-state index in [1.54, 1.807) is 18.2 Å². The number of ether oxygens (including phenoxy) is 4. The maximum absolute atomic E-state index is 14.6. The molecule has 0 aliphatic carbocycles. The van der Waals surface area contributed by atoms with Crippen LogP contribution in [0.4, 0.5) is 16.3 Å². The highest BCUT2D eigenvalue weighted by Crippen LogP contribution is 2.41. The van der Waals surface area contributed by atoms with E-state index in [2.05, 4.69) is 9.88 Å². The molecule has 2 aromatic heterocycles. The first-order chi connectivity index (χ1) is 24.0. The van der Waals surface area contributed by atoms with Gasteiger partial charge in [-0.15, -0.1) is 0 Å². The number of nitrogens with zero attached hydrogens (tertiary/aromatic N) is 7. The Morgan fingerprint density at radius 1 is 1.08 bits per heavy atom. The summed E-state index contributed by atoms with van der Waals surface area (Å²) in [5, 5.41) is 2.10. The third-order valence-corrected chi connectivity index (χ3v) is 9.69. The average Bonchev–Trinajstić information content (AvgIpc) is 3.61. The van der Waals surface area contributed by atoms with E-state index < -0.39 is 5.60 Å². The third kappa shape index (κ3) is 6.63. The maximum atomic E-state index is 14.6. The van der Waals surface area contributed by atoms with Gasteiger partial charge in [-0.3, -0.25) is 9.69 Å². The summed E-state index contributed by atoms with van der Waals surface area (Å²) in [6.07, 6.45) is 6.10. The SMILES string of the molecule is COCOc1cc(N2CCc3c(nc(OCCc4nccn4C)nc3N3CC4CCC(C3)N4C(=O)OC(C)(C)C)C2=O)c2c(Cl)cccc2c1. The van der Waals surface area contributed by atoms with Crippen molar-refractivity contribution in [2.45, 2.75) is 64.1 Å². The Labute approximate surface area is 296 Å². The van der Waals surface area contributed by atoms with E-state index in [-0.39, 0.29) is 49.2 Å². The van der Waals surface area contributed by atoms with Gasteiger partial charge < -0.3 is 33.3 Å². The first-order valence-corrected chi connectivity index (χ1v) is 17.3.